The first-order chi connectivity index (χ1) is 5.35. The molecule has 0 aromatic rings. The Kier molecular flexibility index (Phi) is 15.0. The smallest absolute Gasteiger partial charge is 0.0589 e. The topological polar surface area (TPSA) is 12.5 Å². The fourth-order valence-corrected chi connectivity index (χ4v) is 1.27. The van der Waals surface area contributed by atoms with Gasteiger partial charge in [-0.15, -0.1) is 35.6 Å². The van der Waals surface area contributed by atoms with E-state index in [1.807, 2.05) is 0 Å². The van der Waals surface area contributed by atoms with Gasteiger partial charge in [0.2, 0.25) is 0 Å². The number of halogens is 3. The molecule has 0 heterocycles. The summed E-state index contributed by atoms with van der Waals surface area (Å²) in [4.78, 5) is 2.18. The summed E-state index contributed by atoms with van der Waals surface area (Å²) in [7, 11) is 1.69. The van der Waals surface area contributed by atoms with Gasteiger partial charge in [-0.3, -0.25) is 4.90 Å². The molecule has 76 valence electrons. The largest absolute Gasteiger partial charge is 0.383 e. The average Bonchev–Trinajstić information content (AvgIpc) is 2.01. The van der Waals surface area contributed by atoms with Crippen LogP contribution in [0.2, 0.25) is 0 Å². The zero-order valence-corrected chi connectivity index (χ0v) is 9.59. The SMILES string of the molecule is COCCN(CCCl)CCCl.Cl. The van der Waals surface area contributed by atoms with Crippen molar-refractivity contribution in [1.82, 2.24) is 4.90 Å². The number of rotatable bonds is 7. The van der Waals surface area contributed by atoms with Gasteiger partial charge in [-0.2, -0.15) is 0 Å². The highest BCUT2D eigenvalue weighted by molar-refractivity contribution is 6.18. The van der Waals surface area contributed by atoms with Crippen LogP contribution in [0.5, 0.6) is 0 Å². The molecule has 0 fully saturated rings. The van der Waals surface area contributed by atoms with Crippen molar-refractivity contribution in [1.29, 1.82) is 0 Å². The van der Waals surface area contributed by atoms with Crippen molar-refractivity contribution in [2.45, 2.75) is 0 Å². The van der Waals surface area contributed by atoms with Crippen LogP contribution < -0.4 is 0 Å². The number of nitrogens with zero attached hydrogens (tertiary/aromatic N) is 1. The summed E-state index contributed by atoms with van der Waals surface area (Å²) in [6, 6.07) is 0. The summed E-state index contributed by atoms with van der Waals surface area (Å²) in [5.41, 5.74) is 0. The molecule has 0 spiro atoms. The predicted octanol–water partition coefficient (Wildman–Crippen LogP) is 1.83. The molecule has 12 heavy (non-hydrogen) atoms. The molecular weight excluding hydrogens is 220 g/mol. The van der Waals surface area contributed by atoms with E-state index in [1.165, 1.54) is 0 Å². The van der Waals surface area contributed by atoms with Crippen molar-refractivity contribution in [2.24, 2.45) is 0 Å². The summed E-state index contributed by atoms with van der Waals surface area (Å²) in [5, 5.41) is 0. The van der Waals surface area contributed by atoms with Crippen LogP contribution in [-0.2, 0) is 4.74 Å². The maximum atomic E-state index is 5.59. The van der Waals surface area contributed by atoms with E-state index in [1.54, 1.807) is 7.11 Å². The van der Waals surface area contributed by atoms with Crippen LogP contribution in [0.3, 0.4) is 0 Å². The molecule has 0 saturated heterocycles. The van der Waals surface area contributed by atoms with E-state index in [0.29, 0.717) is 11.8 Å². The van der Waals surface area contributed by atoms with E-state index in [0.717, 1.165) is 26.2 Å². The van der Waals surface area contributed by atoms with Crippen molar-refractivity contribution in [3.63, 3.8) is 0 Å². The summed E-state index contributed by atoms with van der Waals surface area (Å²) in [6.45, 7) is 3.43. The Balaban J connectivity index is 0. The lowest BCUT2D eigenvalue weighted by molar-refractivity contribution is 0.155. The second kappa shape index (κ2) is 11.8. The quantitative estimate of drug-likeness (QED) is 0.626. The van der Waals surface area contributed by atoms with Gasteiger partial charge in [0.25, 0.3) is 0 Å². The van der Waals surface area contributed by atoms with E-state index in [2.05, 4.69) is 4.90 Å². The molecule has 2 nitrogen and oxygen atoms in total. The molecule has 0 aliphatic carbocycles. The van der Waals surface area contributed by atoms with E-state index in [9.17, 15) is 0 Å². The monoisotopic (exact) mass is 235 g/mol. The van der Waals surface area contributed by atoms with Gasteiger partial charge in [0, 0.05) is 38.5 Å². The molecule has 0 N–H and O–H groups in total. The van der Waals surface area contributed by atoms with Crippen LogP contribution in [-0.4, -0.2) is 50.0 Å². The Morgan fingerprint density at radius 3 is 1.92 bits per heavy atom. The molecule has 0 aliphatic heterocycles. The van der Waals surface area contributed by atoms with Gasteiger partial charge < -0.3 is 4.74 Å². The third-order valence-corrected chi connectivity index (χ3v) is 1.75. The minimum Gasteiger partial charge on any atom is -0.383 e. The van der Waals surface area contributed by atoms with Crippen LogP contribution in [0.25, 0.3) is 0 Å². The van der Waals surface area contributed by atoms with E-state index in [-0.39, 0.29) is 12.4 Å². The van der Waals surface area contributed by atoms with Crippen LogP contribution in [0, 0.1) is 0 Å². The first kappa shape index (κ1) is 15.3. The van der Waals surface area contributed by atoms with Gasteiger partial charge in [0.05, 0.1) is 6.61 Å². The number of ether oxygens (including phenoxy) is 1. The average molecular weight is 237 g/mol. The molecule has 0 rings (SSSR count). The molecule has 0 atom stereocenters. The number of alkyl halides is 2. The van der Waals surface area contributed by atoms with Crippen LogP contribution in [0.15, 0.2) is 0 Å². The van der Waals surface area contributed by atoms with Gasteiger partial charge in [-0.1, -0.05) is 0 Å². The first-order valence-corrected chi connectivity index (χ1v) is 4.75. The molecule has 0 bridgehead atoms. The van der Waals surface area contributed by atoms with Crippen molar-refractivity contribution >= 4 is 35.6 Å². The normalized spacial score (nSPS) is 10.0. The van der Waals surface area contributed by atoms with Crippen molar-refractivity contribution in [3.05, 3.63) is 0 Å². The number of methoxy groups -OCH3 is 1. The van der Waals surface area contributed by atoms with Gasteiger partial charge in [0.1, 0.15) is 0 Å². The lowest BCUT2D eigenvalue weighted by atomic mass is 10.5. The molecule has 0 aromatic heterocycles. The Morgan fingerprint density at radius 1 is 1.08 bits per heavy atom. The van der Waals surface area contributed by atoms with E-state index in [4.69, 9.17) is 27.9 Å². The summed E-state index contributed by atoms with van der Waals surface area (Å²) < 4.78 is 4.94. The second-order valence-corrected chi connectivity index (χ2v) is 2.97. The predicted molar refractivity (Wildman–Crippen MR) is 57.0 cm³/mol. The lowest BCUT2D eigenvalue weighted by Gasteiger charge is -2.18. The highest BCUT2D eigenvalue weighted by Crippen LogP contribution is 1.91. The highest BCUT2D eigenvalue weighted by atomic mass is 35.5. The molecule has 0 unspecified atom stereocenters. The van der Waals surface area contributed by atoms with Crippen molar-refractivity contribution in [3.8, 4) is 0 Å². The van der Waals surface area contributed by atoms with Crippen LogP contribution in [0.1, 0.15) is 0 Å². The Bertz CT molecular complexity index is 79.1. The van der Waals surface area contributed by atoms with Gasteiger partial charge in [0.15, 0.2) is 0 Å². The minimum absolute atomic E-state index is 0. The van der Waals surface area contributed by atoms with E-state index < -0.39 is 0 Å². The molecule has 5 heteroatoms. The maximum Gasteiger partial charge on any atom is 0.0589 e. The maximum absolute atomic E-state index is 5.59. The van der Waals surface area contributed by atoms with Crippen LogP contribution >= 0.6 is 35.6 Å². The fourth-order valence-electron chi connectivity index (χ4n) is 0.795. The fraction of sp³-hybridized carbons (Fsp3) is 1.00. The zero-order chi connectivity index (χ0) is 8.53. The van der Waals surface area contributed by atoms with Crippen LogP contribution in [0.4, 0.5) is 0 Å². The number of hydrogen-bond acceptors (Lipinski definition) is 2. The van der Waals surface area contributed by atoms with Crippen molar-refractivity contribution in [2.75, 3.05) is 45.1 Å². The Labute approximate surface area is 90.6 Å². The minimum atomic E-state index is 0. The third-order valence-electron chi connectivity index (χ3n) is 1.41. The van der Waals surface area contributed by atoms with Gasteiger partial charge >= 0.3 is 0 Å². The molecule has 0 radical (unpaired) electrons. The second-order valence-electron chi connectivity index (χ2n) is 2.21. The molecule has 0 amide bonds. The Hall–Kier alpha value is 0.790. The summed E-state index contributed by atoms with van der Waals surface area (Å²) >= 11 is 11.2. The summed E-state index contributed by atoms with van der Waals surface area (Å²) in [6.07, 6.45) is 0. The number of hydrogen-bond donors (Lipinski definition) is 0. The molecule has 0 saturated carbocycles. The van der Waals surface area contributed by atoms with Gasteiger partial charge in [-0.05, 0) is 0 Å². The zero-order valence-electron chi connectivity index (χ0n) is 7.26. The van der Waals surface area contributed by atoms with Crippen molar-refractivity contribution < 1.29 is 4.74 Å². The lowest BCUT2D eigenvalue weighted by Crippen LogP contribution is -2.31. The molecule has 0 aromatic carbocycles. The Morgan fingerprint density at radius 2 is 1.58 bits per heavy atom. The standard InChI is InChI=1S/C7H15Cl2NO.ClH/c1-11-7-6-10(4-2-8)5-3-9;/h2-7H2,1H3;1H. The highest BCUT2D eigenvalue weighted by Gasteiger charge is 2.01. The molecule has 0 aliphatic rings. The first-order valence-electron chi connectivity index (χ1n) is 3.68. The third kappa shape index (κ3) is 8.88. The van der Waals surface area contributed by atoms with Gasteiger partial charge in [-0.25, -0.2) is 0 Å². The van der Waals surface area contributed by atoms with E-state index >= 15 is 0 Å². The summed E-state index contributed by atoms with van der Waals surface area (Å²) in [5.74, 6) is 1.31. The molecular formula is C7H16Cl3NO.